The normalized spacial score (nSPS) is 12.7. The molecule has 0 amide bonds. The van der Waals surface area contributed by atoms with E-state index in [9.17, 15) is 0 Å². The van der Waals surface area contributed by atoms with Crippen LogP contribution in [0.5, 0.6) is 5.75 Å². The lowest BCUT2D eigenvalue weighted by Crippen LogP contribution is -2.16. The maximum atomic E-state index is 8.79. The van der Waals surface area contributed by atoms with Crippen LogP contribution in [0.2, 0.25) is 0 Å². The van der Waals surface area contributed by atoms with Crippen LogP contribution in [0, 0.1) is 11.3 Å². The summed E-state index contributed by atoms with van der Waals surface area (Å²) in [5, 5.41) is 11.9. The minimum absolute atomic E-state index is 0.0128. The van der Waals surface area contributed by atoms with Crippen molar-refractivity contribution in [3.8, 4) is 11.8 Å². The third-order valence-electron chi connectivity index (χ3n) is 2.58. The molecule has 0 bridgehead atoms. The van der Waals surface area contributed by atoms with Crippen molar-refractivity contribution in [2.24, 2.45) is 0 Å². The van der Waals surface area contributed by atoms with E-state index < -0.39 is 0 Å². The summed E-state index contributed by atoms with van der Waals surface area (Å²) < 4.78 is 5.37. The van der Waals surface area contributed by atoms with Gasteiger partial charge in [-0.2, -0.15) is 5.26 Å². The number of methoxy groups -OCH3 is 1. The highest BCUT2D eigenvalue weighted by Gasteiger charge is 2.19. The Balaban J connectivity index is 3.10. The lowest BCUT2D eigenvalue weighted by molar-refractivity contribution is 0.397. The highest BCUT2D eigenvalue weighted by atomic mass is 16.5. The van der Waals surface area contributed by atoms with Gasteiger partial charge in [0.2, 0.25) is 0 Å². The summed E-state index contributed by atoms with van der Waals surface area (Å²) in [5.41, 5.74) is 2.10. The topological polar surface area (TPSA) is 45.0 Å². The van der Waals surface area contributed by atoms with Crippen LogP contribution in [0.15, 0.2) is 18.2 Å². The molecule has 0 heterocycles. The van der Waals surface area contributed by atoms with Crippen LogP contribution in [0.4, 0.5) is 5.69 Å². The number of nitriles is 1. The Hall–Kier alpha value is -1.69. The number of rotatable bonds is 3. The summed E-state index contributed by atoms with van der Waals surface area (Å²) in [6.45, 7) is 8.26. The van der Waals surface area contributed by atoms with Crippen LogP contribution in [-0.2, 0) is 5.41 Å². The Morgan fingerprint density at radius 2 is 2.00 bits per heavy atom. The minimum atomic E-state index is -0.198. The second-order valence-corrected chi connectivity index (χ2v) is 5.16. The van der Waals surface area contributed by atoms with E-state index in [1.54, 1.807) is 7.11 Å². The van der Waals surface area contributed by atoms with Gasteiger partial charge < -0.3 is 10.1 Å². The van der Waals surface area contributed by atoms with Gasteiger partial charge in [-0.25, -0.2) is 0 Å². The first-order valence-corrected chi connectivity index (χ1v) is 5.73. The van der Waals surface area contributed by atoms with Gasteiger partial charge in [0.25, 0.3) is 0 Å². The molecule has 0 aromatic heterocycles. The van der Waals surface area contributed by atoms with E-state index in [1.165, 1.54) is 0 Å². The molecule has 1 aromatic rings. The van der Waals surface area contributed by atoms with Crippen molar-refractivity contribution in [2.45, 2.75) is 39.2 Å². The molecule has 3 nitrogen and oxygen atoms in total. The molecule has 0 radical (unpaired) electrons. The molecule has 0 aliphatic heterocycles. The average Bonchev–Trinajstić information content (AvgIpc) is 2.27. The molecule has 1 aromatic carbocycles. The number of anilines is 1. The Kier molecular flexibility index (Phi) is 4.01. The van der Waals surface area contributed by atoms with Crippen molar-refractivity contribution >= 4 is 5.69 Å². The molecular formula is C14H20N2O. The molecule has 17 heavy (non-hydrogen) atoms. The van der Waals surface area contributed by atoms with Crippen LogP contribution in [0.25, 0.3) is 0 Å². The quantitative estimate of drug-likeness (QED) is 0.869. The van der Waals surface area contributed by atoms with E-state index >= 15 is 0 Å². The van der Waals surface area contributed by atoms with Gasteiger partial charge in [-0.15, -0.1) is 0 Å². The van der Waals surface area contributed by atoms with Gasteiger partial charge in [-0.05, 0) is 30.5 Å². The van der Waals surface area contributed by atoms with Crippen molar-refractivity contribution in [1.82, 2.24) is 0 Å². The Morgan fingerprint density at radius 3 is 2.47 bits per heavy atom. The monoisotopic (exact) mass is 232 g/mol. The number of nitrogens with one attached hydrogen (secondary N) is 1. The minimum Gasteiger partial charge on any atom is -0.496 e. The van der Waals surface area contributed by atoms with Gasteiger partial charge in [0.1, 0.15) is 11.8 Å². The van der Waals surface area contributed by atoms with Crippen LogP contribution in [-0.4, -0.2) is 13.2 Å². The molecule has 0 aliphatic carbocycles. The predicted molar refractivity (Wildman–Crippen MR) is 70.4 cm³/mol. The molecule has 3 heteroatoms. The summed E-state index contributed by atoms with van der Waals surface area (Å²) in [6.07, 6.45) is 0. The van der Waals surface area contributed by atoms with E-state index in [0.29, 0.717) is 0 Å². The molecule has 0 aliphatic rings. The number of ether oxygens (including phenoxy) is 1. The standard InChI is InChI=1S/C14H20N2O/c1-10(9-15)16-11-6-7-13(17-5)12(8-11)14(2,3)4/h6-8,10,16H,1-5H3. The van der Waals surface area contributed by atoms with Gasteiger partial charge in [0.15, 0.2) is 0 Å². The van der Waals surface area contributed by atoms with Crippen molar-refractivity contribution < 1.29 is 4.74 Å². The summed E-state index contributed by atoms with van der Waals surface area (Å²) in [5.74, 6) is 0.882. The molecule has 0 saturated heterocycles. The van der Waals surface area contributed by atoms with Gasteiger partial charge in [0.05, 0.1) is 13.2 Å². The van der Waals surface area contributed by atoms with Gasteiger partial charge >= 0.3 is 0 Å². The van der Waals surface area contributed by atoms with Crippen LogP contribution in [0.3, 0.4) is 0 Å². The van der Waals surface area contributed by atoms with E-state index in [2.05, 4.69) is 32.2 Å². The highest BCUT2D eigenvalue weighted by molar-refractivity contribution is 5.54. The number of benzene rings is 1. The van der Waals surface area contributed by atoms with Crippen molar-refractivity contribution in [2.75, 3.05) is 12.4 Å². The lowest BCUT2D eigenvalue weighted by atomic mass is 9.86. The van der Waals surface area contributed by atoms with Gasteiger partial charge in [-0.3, -0.25) is 0 Å². The zero-order valence-electron chi connectivity index (χ0n) is 11.2. The van der Waals surface area contributed by atoms with Crippen LogP contribution >= 0.6 is 0 Å². The van der Waals surface area contributed by atoms with Crippen molar-refractivity contribution in [3.05, 3.63) is 23.8 Å². The number of hydrogen-bond acceptors (Lipinski definition) is 3. The van der Waals surface area contributed by atoms with Crippen LogP contribution < -0.4 is 10.1 Å². The second-order valence-electron chi connectivity index (χ2n) is 5.16. The molecule has 1 rings (SSSR count). The lowest BCUT2D eigenvalue weighted by Gasteiger charge is -2.23. The number of nitrogens with zero attached hydrogens (tertiary/aromatic N) is 1. The molecule has 1 unspecified atom stereocenters. The average molecular weight is 232 g/mol. The smallest absolute Gasteiger partial charge is 0.122 e. The van der Waals surface area contributed by atoms with E-state index in [1.807, 2.05) is 25.1 Å². The second kappa shape index (κ2) is 5.09. The summed E-state index contributed by atoms with van der Waals surface area (Å²) in [4.78, 5) is 0. The first kappa shape index (κ1) is 13.4. The van der Waals surface area contributed by atoms with Crippen LogP contribution in [0.1, 0.15) is 33.3 Å². The maximum Gasteiger partial charge on any atom is 0.122 e. The van der Waals surface area contributed by atoms with E-state index in [-0.39, 0.29) is 11.5 Å². The highest BCUT2D eigenvalue weighted by Crippen LogP contribution is 2.33. The first-order chi connectivity index (χ1) is 7.88. The molecule has 0 saturated carbocycles. The molecule has 1 N–H and O–H groups in total. The Morgan fingerprint density at radius 1 is 1.35 bits per heavy atom. The SMILES string of the molecule is COc1ccc(NC(C)C#N)cc1C(C)(C)C. The third kappa shape index (κ3) is 3.39. The maximum absolute atomic E-state index is 8.79. The van der Waals surface area contributed by atoms with E-state index in [0.717, 1.165) is 17.0 Å². The predicted octanol–water partition coefficient (Wildman–Crippen LogP) is 3.32. The zero-order valence-corrected chi connectivity index (χ0v) is 11.2. The van der Waals surface area contributed by atoms with Crippen molar-refractivity contribution in [1.29, 1.82) is 5.26 Å². The first-order valence-electron chi connectivity index (χ1n) is 5.73. The molecule has 0 spiro atoms. The summed E-state index contributed by atoms with van der Waals surface area (Å²) in [7, 11) is 1.68. The summed E-state index contributed by atoms with van der Waals surface area (Å²) >= 11 is 0. The van der Waals surface area contributed by atoms with Crippen molar-refractivity contribution in [3.63, 3.8) is 0 Å². The summed E-state index contributed by atoms with van der Waals surface area (Å²) in [6, 6.07) is 7.88. The fourth-order valence-corrected chi connectivity index (χ4v) is 1.67. The van der Waals surface area contributed by atoms with Gasteiger partial charge in [0, 0.05) is 11.3 Å². The fourth-order valence-electron chi connectivity index (χ4n) is 1.67. The van der Waals surface area contributed by atoms with E-state index in [4.69, 9.17) is 10.00 Å². The molecule has 0 fully saturated rings. The zero-order chi connectivity index (χ0) is 13.1. The largest absolute Gasteiger partial charge is 0.496 e. The molecule has 92 valence electrons. The van der Waals surface area contributed by atoms with Gasteiger partial charge in [-0.1, -0.05) is 20.8 Å². The molecule has 1 atom stereocenters. The Labute approximate surface area is 103 Å². The number of hydrogen-bond donors (Lipinski definition) is 1. The fraction of sp³-hybridized carbons (Fsp3) is 0.500. The Bertz CT molecular complexity index is 427. The molecular weight excluding hydrogens is 212 g/mol. The third-order valence-corrected chi connectivity index (χ3v) is 2.58.